The van der Waals surface area contributed by atoms with Gasteiger partial charge in [-0.3, -0.25) is 4.79 Å². The van der Waals surface area contributed by atoms with E-state index in [0.29, 0.717) is 18.2 Å². The number of hydrogen-bond acceptors (Lipinski definition) is 3. The fraction of sp³-hybridized carbons (Fsp3) is 0.500. The summed E-state index contributed by atoms with van der Waals surface area (Å²) >= 11 is 3.38. The fourth-order valence-electron chi connectivity index (χ4n) is 2.28. The average Bonchev–Trinajstić information content (AvgIpc) is 2.86. The normalized spacial score (nSPS) is 20.4. The van der Waals surface area contributed by atoms with E-state index in [0.717, 1.165) is 24.0 Å². The summed E-state index contributed by atoms with van der Waals surface area (Å²) in [6.45, 7) is 3.97. The first-order valence-corrected chi connectivity index (χ1v) is 7.30. The zero-order chi connectivity index (χ0) is 13.8. The van der Waals surface area contributed by atoms with Crippen LogP contribution in [0.4, 0.5) is 0 Å². The minimum atomic E-state index is -0.467. The fourth-order valence-corrected chi connectivity index (χ4v) is 2.66. The zero-order valence-electron chi connectivity index (χ0n) is 11.0. The van der Waals surface area contributed by atoms with Crippen molar-refractivity contribution in [3.63, 3.8) is 0 Å². The number of rotatable bonds is 4. The Morgan fingerprint density at radius 2 is 2.42 bits per heavy atom. The summed E-state index contributed by atoms with van der Waals surface area (Å²) in [6.07, 6.45) is 0.525. The maximum atomic E-state index is 12.2. The van der Waals surface area contributed by atoms with E-state index in [-0.39, 0.29) is 5.91 Å². The molecule has 1 aliphatic heterocycles. The molecule has 1 heterocycles. The lowest BCUT2D eigenvalue weighted by molar-refractivity contribution is -0.136. The first-order chi connectivity index (χ1) is 9.10. The Hall–Kier alpha value is -1.07. The van der Waals surface area contributed by atoms with E-state index in [1.807, 2.05) is 29.2 Å². The molecule has 2 atom stereocenters. The van der Waals surface area contributed by atoms with Crippen molar-refractivity contribution in [3.8, 4) is 5.75 Å². The topological polar surface area (TPSA) is 55.6 Å². The number of nitrogens with zero attached hydrogens (tertiary/aromatic N) is 1. The molecule has 5 heteroatoms. The molecule has 0 radical (unpaired) electrons. The average molecular weight is 327 g/mol. The Kier molecular flexibility index (Phi) is 4.82. The van der Waals surface area contributed by atoms with Crippen molar-refractivity contribution >= 4 is 21.8 Å². The van der Waals surface area contributed by atoms with E-state index < -0.39 is 6.10 Å². The molecule has 1 aromatic rings. The smallest absolute Gasteiger partial charge is 0.263 e. The summed E-state index contributed by atoms with van der Waals surface area (Å²) in [5.74, 6) is 1.17. The Bertz CT molecular complexity index is 453. The summed E-state index contributed by atoms with van der Waals surface area (Å²) < 4.78 is 6.62. The third-order valence-corrected chi connectivity index (χ3v) is 3.88. The Morgan fingerprint density at radius 1 is 1.63 bits per heavy atom. The lowest BCUT2D eigenvalue weighted by atomic mass is 10.1. The summed E-state index contributed by atoms with van der Waals surface area (Å²) in [4.78, 5) is 14.1. The van der Waals surface area contributed by atoms with Crippen LogP contribution in [0.1, 0.15) is 13.3 Å². The largest absolute Gasteiger partial charge is 0.481 e. The number of likely N-dealkylation sites (tertiary alicyclic amines) is 1. The van der Waals surface area contributed by atoms with Crippen LogP contribution in [0.5, 0.6) is 5.75 Å². The van der Waals surface area contributed by atoms with Crippen LogP contribution in [0, 0.1) is 5.92 Å². The highest BCUT2D eigenvalue weighted by Crippen LogP contribution is 2.21. The van der Waals surface area contributed by atoms with Crippen LogP contribution in [0.25, 0.3) is 0 Å². The van der Waals surface area contributed by atoms with Crippen LogP contribution in [-0.2, 0) is 4.79 Å². The van der Waals surface area contributed by atoms with Crippen molar-refractivity contribution in [2.45, 2.75) is 19.4 Å². The van der Waals surface area contributed by atoms with Gasteiger partial charge in [0, 0.05) is 17.6 Å². The van der Waals surface area contributed by atoms with Gasteiger partial charge in [0.25, 0.3) is 5.91 Å². The minimum Gasteiger partial charge on any atom is -0.481 e. The highest BCUT2D eigenvalue weighted by Gasteiger charge is 2.29. The molecule has 4 nitrogen and oxygen atoms in total. The molecule has 1 saturated heterocycles. The van der Waals surface area contributed by atoms with Crippen LogP contribution >= 0.6 is 15.9 Å². The van der Waals surface area contributed by atoms with Crippen molar-refractivity contribution in [2.75, 3.05) is 19.6 Å². The van der Waals surface area contributed by atoms with Crippen LogP contribution in [0.15, 0.2) is 28.7 Å². The molecule has 104 valence electrons. The lowest BCUT2D eigenvalue weighted by Gasteiger charge is -2.21. The first kappa shape index (κ1) is 14.3. The van der Waals surface area contributed by atoms with E-state index in [1.54, 1.807) is 6.92 Å². The Labute approximate surface area is 122 Å². The molecule has 1 fully saturated rings. The second-order valence-corrected chi connectivity index (χ2v) is 5.81. The molecule has 0 bridgehead atoms. The van der Waals surface area contributed by atoms with Gasteiger partial charge in [-0.05, 0) is 44.0 Å². The SMILES string of the molecule is C[C@@H](Oc1cccc(Br)c1)C(=O)N1CC[C@H](CN)C1. The number of carbonyl (C=O) groups excluding carboxylic acids is 1. The molecule has 1 amide bonds. The predicted octanol–water partition coefficient (Wildman–Crippen LogP) is 2.02. The molecular formula is C14H19BrN2O2. The van der Waals surface area contributed by atoms with Crippen molar-refractivity contribution in [1.82, 2.24) is 4.90 Å². The zero-order valence-corrected chi connectivity index (χ0v) is 12.6. The van der Waals surface area contributed by atoms with Gasteiger partial charge in [-0.15, -0.1) is 0 Å². The number of carbonyl (C=O) groups is 1. The van der Waals surface area contributed by atoms with Gasteiger partial charge in [0.15, 0.2) is 6.10 Å². The first-order valence-electron chi connectivity index (χ1n) is 6.51. The summed E-state index contributed by atoms with van der Waals surface area (Å²) in [7, 11) is 0. The molecule has 0 saturated carbocycles. The lowest BCUT2D eigenvalue weighted by Crippen LogP contribution is -2.39. The summed E-state index contributed by atoms with van der Waals surface area (Å²) in [5.41, 5.74) is 5.64. The van der Waals surface area contributed by atoms with Gasteiger partial charge in [-0.1, -0.05) is 22.0 Å². The molecule has 2 rings (SSSR count). The molecule has 2 N–H and O–H groups in total. The standard InChI is InChI=1S/C14H19BrN2O2/c1-10(19-13-4-2-3-12(15)7-13)14(18)17-6-5-11(8-16)9-17/h2-4,7,10-11H,5-6,8-9,16H2,1H3/t10-,11-/m1/s1. The van der Waals surface area contributed by atoms with Gasteiger partial charge < -0.3 is 15.4 Å². The van der Waals surface area contributed by atoms with Crippen molar-refractivity contribution in [2.24, 2.45) is 11.7 Å². The van der Waals surface area contributed by atoms with Gasteiger partial charge in [-0.25, -0.2) is 0 Å². The van der Waals surface area contributed by atoms with E-state index in [2.05, 4.69) is 15.9 Å². The van der Waals surface area contributed by atoms with E-state index in [4.69, 9.17) is 10.5 Å². The Morgan fingerprint density at radius 3 is 3.05 bits per heavy atom. The highest BCUT2D eigenvalue weighted by molar-refractivity contribution is 9.10. The van der Waals surface area contributed by atoms with Gasteiger partial charge >= 0.3 is 0 Å². The van der Waals surface area contributed by atoms with Crippen molar-refractivity contribution in [3.05, 3.63) is 28.7 Å². The number of hydrogen-bond donors (Lipinski definition) is 1. The summed E-state index contributed by atoms with van der Waals surface area (Å²) in [6, 6.07) is 7.51. The molecule has 1 aliphatic rings. The third kappa shape index (κ3) is 3.70. The molecule has 0 unspecified atom stereocenters. The third-order valence-electron chi connectivity index (χ3n) is 3.39. The molecule has 19 heavy (non-hydrogen) atoms. The number of ether oxygens (including phenoxy) is 1. The van der Waals surface area contributed by atoms with Crippen LogP contribution in [0.2, 0.25) is 0 Å². The van der Waals surface area contributed by atoms with Gasteiger partial charge in [-0.2, -0.15) is 0 Å². The Balaban J connectivity index is 1.93. The monoisotopic (exact) mass is 326 g/mol. The van der Waals surface area contributed by atoms with Crippen molar-refractivity contribution < 1.29 is 9.53 Å². The van der Waals surface area contributed by atoms with Crippen LogP contribution in [-0.4, -0.2) is 36.5 Å². The molecule has 1 aromatic carbocycles. The number of benzene rings is 1. The second-order valence-electron chi connectivity index (χ2n) is 4.89. The molecular weight excluding hydrogens is 308 g/mol. The highest BCUT2D eigenvalue weighted by atomic mass is 79.9. The van der Waals surface area contributed by atoms with Crippen LogP contribution < -0.4 is 10.5 Å². The maximum absolute atomic E-state index is 12.2. The van der Waals surface area contributed by atoms with Gasteiger partial charge in [0.1, 0.15) is 5.75 Å². The number of amides is 1. The predicted molar refractivity (Wildman–Crippen MR) is 78.0 cm³/mol. The summed E-state index contributed by atoms with van der Waals surface area (Å²) in [5, 5.41) is 0. The van der Waals surface area contributed by atoms with Crippen LogP contribution in [0.3, 0.4) is 0 Å². The van der Waals surface area contributed by atoms with E-state index in [9.17, 15) is 4.79 Å². The molecule has 0 aliphatic carbocycles. The van der Waals surface area contributed by atoms with E-state index in [1.165, 1.54) is 0 Å². The molecule has 0 aromatic heterocycles. The maximum Gasteiger partial charge on any atom is 0.263 e. The quantitative estimate of drug-likeness (QED) is 0.921. The van der Waals surface area contributed by atoms with Gasteiger partial charge in [0.05, 0.1) is 0 Å². The van der Waals surface area contributed by atoms with E-state index >= 15 is 0 Å². The minimum absolute atomic E-state index is 0.0379. The number of halogens is 1. The number of nitrogens with two attached hydrogens (primary N) is 1. The second kappa shape index (κ2) is 6.39. The molecule has 0 spiro atoms. The van der Waals surface area contributed by atoms with Crippen molar-refractivity contribution in [1.29, 1.82) is 0 Å². The van der Waals surface area contributed by atoms with Gasteiger partial charge in [0.2, 0.25) is 0 Å².